The van der Waals surface area contributed by atoms with Crippen LogP contribution in [0.4, 0.5) is 4.79 Å². The van der Waals surface area contributed by atoms with Crippen LogP contribution in [-0.2, 0) is 14.3 Å². The Bertz CT molecular complexity index is 1020. The predicted octanol–water partition coefficient (Wildman–Crippen LogP) is 4.30. The van der Waals surface area contributed by atoms with Crippen molar-refractivity contribution in [2.75, 3.05) is 14.2 Å². The number of ether oxygens (including phenoxy) is 3. The summed E-state index contributed by atoms with van der Waals surface area (Å²) in [5, 5.41) is 3.53. The number of amides is 1. The molecule has 8 nitrogen and oxygen atoms in total. The number of carbonyl (C=O) groups excluding carboxylic acids is 3. The van der Waals surface area contributed by atoms with Gasteiger partial charge in [-0.3, -0.25) is 14.6 Å². The molecule has 178 valence electrons. The number of Topliss-reactive ketones (excluding diaryl/α,β-unsaturated/α-hetero) is 1. The molecule has 1 aromatic carbocycles. The van der Waals surface area contributed by atoms with Gasteiger partial charge in [0.05, 0.1) is 19.7 Å². The Kier molecular flexibility index (Phi) is 7.56. The lowest BCUT2D eigenvalue weighted by molar-refractivity contribution is -0.145. The number of nitrogens with one attached hydrogen (secondary N) is 1. The first-order valence-corrected chi connectivity index (χ1v) is 11.2. The minimum atomic E-state index is -0.922. The molecule has 0 spiro atoms. The molecule has 1 heterocycles. The van der Waals surface area contributed by atoms with E-state index in [2.05, 4.69) is 10.3 Å². The first-order chi connectivity index (χ1) is 15.6. The van der Waals surface area contributed by atoms with Crippen LogP contribution >= 0.6 is 0 Å². The van der Waals surface area contributed by atoms with E-state index in [0.717, 1.165) is 0 Å². The fraction of sp³-hybridized carbons (Fsp3) is 0.520. The number of hydrogen-bond acceptors (Lipinski definition) is 7. The summed E-state index contributed by atoms with van der Waals surface area (Å²) in [6.07, 6.45) is 3.63. The van der Waals surface area contributed by atoms with E-state index in [4.69, 9.17) is 14.2 Å². The minimum absolute atomic E-state index is 0.0597. The maximum atomic E-state index is 13.6. The van der Waals surface area contributed by atoms with Crippen LogP contribution < -0.4 is 10.1 Å². The highest BCUT2D eigenvalue weighted by Gasteiger charge is 2.39. The van der Waals surface area contributed by atoms with E-state index in [9.17, 15) is 14.4 Å². The number of pyridine rings is 1. The molecule has 0 aliphatic heterocycles. The molecule has 33 heavy (non-hydrogen) atoms. The highest BCUT2D eigenvalue weighted by molar-refractivity contribution is 6.15. The molecule has 1 unspecified atom stereocenters. The van der Waals surface area contributed by atoms with E-state index in [1.807, 2.05) is 20.8 Å². The predicted molar refractivity (Wildman–Crippen MR) is 123 cm³/mol. The Hall–Kier alpha value is -3.16. The van der Waals surface area contributed by atoms with Gasteiger partial charge in [0, 0.05) is 23.2 Å². The van der Waals surface area contributed by atoms with Gasteiger partial charge in [0.1, 0.15) is 17.3 Å². The first-order valence-electron chi connectivity index (χ1n) is 11.2. The fourth-order valence-corrected chi connectivity index (χ4v) is 4.35. The van der Waals surface area contributed by atoms with Crippen LogP contribution in [0.5, 0.6) is 5.75 Å². The molecule has 1 N–H and O–H groups in total. The third-order valence-electron chi connectivity index (χ3n) is 5.92. The molecule has 0 radical (unpaired) electrons. The lowest BCUT2D eigenvalue weighted by Crippen LogP contribution is -2.43. The normalized spacial score (nSPS) is 19.4. The number of benzene rings is 1. The van der Waals surface area contributed by atoms with Gasteiger partial charge in [0.15, 0.2) is 5.78 Å². The molecule has 1 atom stereocenters. The number of methoxy groups -OCH3 is 2. The highest BCUT2D eigenvalue weighted by atomic mass is 16.6. The second kappa shape index (κ2) is 10.2. The Morgan fingerprint density at radius 3 is 2.36 bits per heavy atom. The fourth-order valence-electron chi connectivity index (χ4n) is 4.35. The van der Waals surface area contributed by atoms with Crippen molar-refractivity contribution in [1.82, 2.24) is 10.3 Å². The molecular weight excluding hydrogens is 424 g/mol. The van der Waals surface area contributed by atoms with Gasteiger partial charge >= 0.3 is 12.1 Å². The van der Waals surface area contributed by atoms with E-state index >= 15 is 0 Å². The van der Waals surface area contributed by atoms with Crippen molar-refractivity contribution in [3.8, 4) is 5.75 Å². The Morgan fingerprint density at radius 1 is 1.06 bits per heavy atom. The maximum Gasteiger partial charge on any atom is 0.407 e. The quantitative estimate of drug-likeness (QED) is 0.393. The smallest absolute Gasteiger partial charge is 0.407 e. The van der Waals surface area contributed by atoms with E-state index in [1.54, 1.807) is 37.6 Å². The highest BCUT2D eigenvalue weighted by Crippen LogP contribution is 2.35. The van der Waals surface area contributed by atoms with Crippen LogP contribution in [0.25, 0.3) is 10.9 Å². The molecule has 0 saturated heterocycles. The topological polar surface area (TPSA) is 104 Å². The Labute approximate surface area is 194 Å². The molecule has 1 saturated carbocycles. The van der Waals surface area contributed by atoms with Crippen LogP contribution in [0.3, 0.4) is 0 Å². The Balaban J connectivity index is 1.78. The molecule has 1 fully saturated rings. The summed E-state index contributed by atoms with van der Waals surface area (Å²) in [5.41, 5.74) is 0.499. The second-order valence-electron chi connectivity index (χ2n) is 9.36. The summed E-state index contributed by atoms with van der Waals surface area (Å²) in [5.74, 6) is -1.33. The third-order valence-corrected chi connectivity index (χ3v) is 5.92. The van der Waals surface area contributed by atoms with Crippen LogP contribution in [0.2, 0.25) is 0 Å². The molecule has 1 aliphatic carbocycles. The van der Waals surface area contributed by atoms with Crippen molar-refractivity contribution in [3.63, 3.8) is 0 Å². The first kappa shape index (κ1) is 24.5. The minimum Gasteiger partial charge on any atom is -0.497 e. The molecule has 8 heteroatoms. The number of hydrogen-bond donors (Lipinski definition) is 1. The van der Waals surface area contributed by atoms with Crippen LogP contribution in [-0.4, -0.2) is 48.7 Å². The van der Waals surface area contributed by atoms with Gasteiger partial charge in [-0.2, -0.15) is 0 Å². The number of ketones is 1. The maximum absolute atomic E-state index is 13.6. The third kappa shape index (κ3) is 6.00. The Morgan fingerprint density at radius 2 is 1.76 bits per heavy atom. The van der Waals surface area contributed by atoms with Crippen molar-refractivity contribution in [2.45, 2.75) is 58.1 Å². The van der Waals surface area contributed by atoms with Crippen molar-refractivity contribution in [2.24, 2.45) is 11.8 Å². The van der Waals surface area contributed by atoms with Gasteiger partial charge in [-0.25, -0.2) is 4.79 Å². The SMILES string of the molecule is COC(=O)C(C(=O)c1ccnc2ccc(OC)cc12)C1CCC(NC(=O)OC(C)(C)C)CC1. The molecular formula is C25H32N2O6. The number of aromatic nitrogens is 1. The van der Waals surface area contributed by atoms with Crippen LogP contribution in [0.1, 0.15) is 56.8 Å². The average molecular weight is 457 g/mol. The van der Waals surface area contributed by atoms with Crippen LogP contribution in [0.15, 0.2) is 30.5 Å². The second-order valence-corrected chi connectivity index (χ2v) is 9.36. The van der Waals surface area contributed by atoms with Gasteiger partial charge < -0.3 is 19.5 Å². The lowest BCUT2D eigenvalue weighted by atomic mass is 9.75. The molecule has 3 rings (SSSR count). The van der Waals surface area contributed by atoms with Crippen molar-refractivity contribution in [3.05, 3.63) is 36.0 Å². The van der Waals surface area contributed by atoms with Gasteiger partial charge in [-0.1, -0.05) is 0 Å². The number of alkyl carbamates (subject to hydrolysis) is 1. The zero-order valence-corrected chi connectivity index (χ0v) is 19.8. The van der Waals surface area contributed by atoms with Gasteiger partial charge in [-0.15, -0.1) is 0 Å². The van der Waals surface area contributed by atoms with E-state index in [-0.39, 0.29) is 17.7 Å². The summed E-state index contributed by atoms with van der Waals surface area (Å²) in [4.78, 5) is 42.8. The zero-order chi connectivity index (χ0) is 24.2. The monoisotopic (exact) mass is 456 g/mol. The van der Waals surface area contributed by atoms with E-state index < -0.39 is 23.6 Å². The molecule has 2 aromatic rings. The summed E-state index contributed by atoms with van der Waals surface area (Å²) in [6.45, 7) is 5.44. The lowest BCUT2D eigenvalue weighted by Gasteiger charge is -2.33. The van der Waals surface area contributed by atoms with Gasteiger partial charge in [-0.05, 0) is 76.6 Å². The van der Waals surface area contributed by atoms with E-state index in [0.29, 0.717) is 47.9 Å². The van der Waals surface area contributed by atoms with Gasteiger partial charge in [0.2, 0.25) is 0 Å². The summed E-state index contributed by atoms with van der Waals surface area (Å²) in [6, 6.07) is 6.89. The number of esters is 1. The molecule has 1 aliphatic rings. The van der Waals surface area contributed by atoms with Gasteiger partial charge in [0.25, 0.3) is 0 Å². The van der Waals surface area contributed by atoms with Crippen molar-refractivity contribution in [1.29, 1.82) is 0 Å². The van der Waals surface area contributed by atoms with Crippen molar-refractivity contribution >= 4 is 28.7 Å². The number of nitrogens with zero attached hydrogens (tertiary/aromatic N) is 1. The van der Waals surface area contributed by atoms with Crippen LogP contribution in [0, 0.1) is 11.8 Å². The zero-order valence-electron chi connectivity index (χ0n) is 19.8. The summed E-state index contributed by atoms with van der Waals surface area (Å²) in [7, 11) is 2.85. The average Bonchev–Trinajstić information content (AvgIpc) is 2.78. The summed E-state index contributed by atoms with van der Waals surface area (Å²) >= 11 is 0. The molecule has 0 bridgehead atoms. The van der Waals surface area contributed by atoms with Crippen molar-refractivity contribution < 1.29 is 28.6 Å². The molecule has 1 aromatic heterocycles. The standard InChI is InChI=1S/C25H32N2O6/c1-25(2,3)33-24(30)27-16-8-6-15(7-9-16)21(23(29)32-5)22(28)18-12-13-26-20-11-10-17(31-4)14-19(18)20/h10-16,21H,6-9H2,1-5H3,(H,27,30). The summed E-state index contributed by atoms with van der Waals surface area (Å²) < 4.78 is 15.7. The number of carbonyl (C=O) groups is 3. The number of fused-ring (bicyclic) bond motifs is 1. The number of rotatable bonds is 6. The molecule has 1 amide bonds. The van der Waals surface area contributed by atoms with E-state index in [1.165, 1.54) is 7.11 Å². The largest absolute Gasteiger partial charge is 0.497 e.